The van der Waals surface area contributed by atoms with Crippen LogP contribution in [0.2, 0.25) is 0 Å². The van der Waals surface area contributed by atoms with Gasteiger partial charge < -0.3 is 73.4 Å². The summed E-state index contributed by atoms with van der Waals surface area (Å²) in [5, 5.41) is 36.3. The van der Waals surface area contributed by atoms with Crippen LogP contribution in [0.25, 0.3) is 113 Å². The lowest BCUT2D eigenvalue weighted by Gasteiger charge is -2.39. The molecule has 754 valence electrons. The Morgan fingerprint density at radius 2 is 0.580 bits per heavy atom. The van der Waals surface area contributed by atoms with E-state index < -0.39 is 0 Å². The number of nitrogens with zero attached hydrogens (tertiary/aromatic N) is 29. The molecule has 0 spiro atoms. The fourth-order valence-electron chi connectivity index (χ4n) is 19.3. The smallest absolute Gasteiger partial charge is 0.278 e. The molecule has 0 unspecified atom stereocenters. The number of nitrogen functional groups attached to an aromatic ring is 7. The minimum absolute atomic E-state index is 0.202. The summed E-state index contributed by atoms with van der Waals surface area (Å²) in [5.41, 5.74) is 58.5. The topological polar surface area (TPSA) is 630 Å². The molecular formula is C107H106N38O5. The van der Waals surface area contributed by atoms with Crippen molar-refractivity contribution in [1.82, 2.24) is 145 Å². The van der Waals surface area contributed by atoms with Crippen molar-refractivity contribution in [1.29, 1.82) is 0 Å². The Bertz CT molecular complexity index is 8000. The lowest BCUT2D eigenvalue weighted by Crippen LogP contribution is -2.36. The Labute approximate surface area is 859 Å². The van der Waals surface area contributed by atoms with Crippen molar-refractivity contribution in [3.63, 3.8) is 0 Å². The van der Waals surface area contributed by atoms with Gasteiger partial charge in [-0.3, -0.25) is 9.36 Å². The van der Waals surface area contributed by atoms with Crippen LogP contribution in [-0.4, -0.2) is 158 Å². The van der Waals surface area contributed by atoms with Gasteiger partial charge in [-0.05, 0) is 160 Å². The maximum atomic E-state index is 6.05. The van der Waals surface area contributed by atoms with Crippen molar-refractivity contribution in [2.24, 2.45) is 7.05 Å². The molecule has 5 fully saturated rings. The molecule has 5 aliphatic rings. The summed E-state index contributed by atoms with van der Waals surface area (Å²) < 4.78 is 31.3. The van der Waals surface area contributed by atoms with Crippen LogP contribution < -0.4 is 50.8 Å². The number of pyridine rings is 1. The zero-order valence-corrected chi connectivity index (χ0v) is 83.0. The van der Waals surface area contributed by atoms with Crippen molar-refractivity contribution in [2.45, 2.75) is 164 Å². The number of rotatable bonds is 24. The molecule has 0 atom stereocenters. The fraction of sp³-hybridized carbons (Fsp3) is 0.262. The van der Waals surface area contributed by atoms with E-state index in [1.807, 2.05) is 31.5 Å². The predicted molar refractivity (Wildman–Crippen MR) is 560 cm³/mol. The molecule has 25 rings (SSSR count). The number of aromatic nitrogens is 29. The highest BCUT2D eigenvalue weighted by atomic mass is 16.5. The molecule has 16 N–H and O–H groups in total. The first kappa shape index (κ1) is 97.2. The van der Waals surface area contributed by atoms with Crippen LogP contribution in [-0.2, 0) is 40.7 Å². The van der Waals surface area contributed by atoms with Gasteiger partial charge >= 0.3 is 0 Å². The summed E-state index contributed by atoms with van der Waals surface area (Å²) in [6.45, 7) is 8.99. The standard InChI is InChI=1S/C23H24N8O.C22H23N7O.C21H20N8O.C21H19N7O.C20H20N8O/c1-14(2)29-19-13-25-18(12-26-19)20-30-21(31-32-20)23(8-3-9-23)17-6-4-15(5-7-17)16-10-27-22(24)28-11-16;1-3-29-14(2)18(13-26-29)19-27-20(28-30-19)22(9-4-10-22)17-7-5-15(6-8-17)16-11-24-21(23)25-12-16;1-23-17-12-24-16(11-25-17)18-28-19(29-30-18)21(7-2-8-21)15-5-3-13(4-6-15)14-9-26-20(22)27-10-14;22-17-7-4-14(10-24-17)18-27-19(28-29-18)21(8-1-9-21)16-5-2-13(3-6-16)15-11-25-20(23)26-12-15;1-28-16(21)15(11-25-28)17-26-18(27-29-17)20(7-2-8-20)14-5-3-12(4-6-14)13-9-23-19(22)24-10-13/h4-7,10-14H,3,8-9H2,1-2H3,(H,26,29)(H2,24,27,28);5-8,11-13H,3-4,9-10H2,1-2H3,(H2,23,24,25);3-6,9-12H,2,7-8H2,1H3,(H,23,25)(H2,22,26,27);2-7,10-12H,1,8-9H2,(H2,22,24)(H2,23,25,26);3-6,9-11H,2,7-8,21H2,1H3,(H2,22,23,24). The van der Waals surface area contributed by atoms with E-state index in [4.69, 9.17) is 72.7 Å². The summed E-state index contributed by atoms with van der Waals surface area (Å²) >= 11 is 0. The van der Waals surface area contributed by atoms with Crippen molar-refractivity contribution in [3.8, 4) is 113 Å². The Morgan fingerprint density at radius 3 is 0.840 bits per heavy atom. The highest BCUT2D eigenvalue weighted by Crippen LogP contribution is 2.54. The van der Waals surface area contributed by atoms with E-state index >= 15 is 0 Å². The fourth-order valence-corrected chi connectivity index (χ4v) is 19.3. The zero-order valence-electron chi connectivity index (χ0n) is 83.0. The number of aryl methyl sites for hydroxylation is 2. The van der Waals surface area contributed by atoms with E-state index in [0.717, 1.165) is 192 Å². The molecule has 43 nitrogen and oxygen atoms in total. The molecule has 0 aliphatic heterocycles. The first-order valence-electron chi connectivity index (χ1n) is 49.3. The van der Waals surface area contributed by atoms with E-state index in [1.54, 1.807) is 130 Å². The van der Waals surface area contributed by atoms with Gasteiger partial charge in [0.25, 0.3) is 29.5 Å². The molecular weight excluding hydrogens is 1900 g/mol. The van der Waals surface area contributed by atoms with Crippen LogP contribution in [0, 0.1) is 6.92 Å². The molecule has 15 aromatic heterocycles. The normalized spacial score (nSPS) is 15.0. The minimum atomic E-state index is -0.246. The third-order valence-corrected chi connectivity index (χ3v) is 28.8. The molecule has 0 radical (unpaired) electrons. The molecule has 20 aromatic rings. The number of nitrogens with one attached hydrogen (secondary N) is 2. The van der Waals surface area contributed by atoms with Crippen LogP contribution in [0.1, 0.15) is 180 Å². The molecule has 0 saturated heterocycles. The highest BCUT2D eigenvalue weighted by Gasteiger charge is 2.50. The van der Waals surface area contributed by atoms with E-state index in [2.05, 4.69) is 265 Å². The summed E-state index contributed by atoms with van der Waals surface area (Å²) in [4.78, 5) is 85.7. The van der Waals surface area contributed by atoms with E-state index in [9.17, 15) is 0 Å². The Kier molecular flexibility index (Phi) is 26.8. The van der Waals surface area contributed by atoms with Gasteiger partial charge in [0, 0.05) is 128 Å². The Morgan fingerprint density at radius 1 is 0.300 bits per heavy atom. The second-order valence-corrected chi connectivity index (χ2v) is 38.0. The van der Waals surface area contributed by atoms with Crippen LogP contribution in [0.15, 0.2) is 261 Å². The predicted octanol–water partition coefficient (Wildman–Crippen LogP) is 16.5. The van der Waals surface area contributed by atoms with Gasteiger partial charge in [0.2, 0.25) is 29.7 Å². The van der Waals surface area contributed by atoms with E-state index in [1.165, 1.54) is 16.7 Å². The number of benzene rings is 5. The quantitative estimate of drug-likeness (QED) is 0.0271. The third-order valence-electron chi connectivity index (χ3n) is 28.8. The van der Waals surface area contributed by atoms with Gasteiger partial charge in [-0.2, -0.15) is 35.1 Å². The van der Waals surface area contributed by atoms with E-state index in [-0.39, 0.29) is 62.9 Å². The van der Waals surface area contributed by atoms with Crippen LogP contribution in [0.3, 0.4) is 0 Å². The maximum absolute atomic E-state index is 6.05. The van der Waals surface area contributed by atoms with Gasteiger partial charge in [0.1, 0.15) is 40.2 Å². The Balaban J connectivity index is 0.000000110. The van der Waals surface area contributed by atoms with Crippen molar-refractivity contribution < 1.29 is 22.6 Å². The van der Waals surface area contributed by atoms with Crippen molar-refractivity contribution in [2.75, 3.05) is 57.8 Å². The first-order valence-corrected chi connectivity index (χ1v) is 49.3. The average Bonchev–Trinajstić information content (AvgIpc) is 1.49. The molecule has 5 aromatic carbocycles. The van der Waals surface area contributed by atoms with Crippen molar-refractivity contribution >= 4 is 53.0 Å². The molecule has 150 heavy (non-hydrogen) atoms. The second kappa shape index (κ2) is 41.3. The molecule has 5 aliphatic carbocycles. The largest absolute Gasteiger partial charge is 0.384 e. The molecule has 43 heteroatoms. The SMILES string of the molecule is CC(C)Nc1cnc(-c2nc(C3(c4ccc(-c5cnc(N)nc5)cc4)CCC3)no2)cn1.CCn1ncc(-c2nc(C3(c4ccc(-c5cnc(N)nc5)cc4)CCC3)no2)c1C.CNc1cnc(-c2nc(C3(c4ccc(-c5cnc(N)nc5)cc4)CCC3)no2)cn1.Cn1ncc(-c2nc(C3(c4ccc(-c5cnc(N)nc5)cc4)CCC3)no2)c1N.Nc1ccc(-c2nc(C3(c4ccc(-c5cnc(N)nc5)cc4)CCC3)no2)cn1. The minimum Gasteiger partial charge on any atom is -0.384 e. The van der Waals surface area contributed by atoms with Gasteiger partial charge in [-0.1, -0.05) is 179 Å². The maximum Gasteiger partial charge on any atom is 0.278 e. The lowest BCUT2D eigenvalue weighted by molar-refractivity contribution is 0.273. The molecule has 5 saturated carbocycles. The average molecular weight is 2000 g/mol. The molecule has 15 heterocycles. The first-order chi connectivity index (χ1) is 73.0. The number of anilines is 9. The lowest BCUT2D eigenvalue weighted by atomic mass is 9.64. The number of hydrogen-bond acceptors (Lipinski definition) is 41. The molecule has 0 bridgehead atoms. The van der Waals surface area contributed by atoms with Gasteiger partial charge in [-0.15, -0.1) is 0 Å². The number of hydrogen-bond donors (Lipinski definition) is 9. The van der Waals surface area contributed by atoms with Crippen molar-refractivity contribution in [3.05, 3.63) is 301 Å². The van der Waals surface area contributed by atoms with Crippen LogP contribution >= 0.6 is 0 Å². The number of nitrogens with two attached hydrogens (primary N) is 7. The zero-order chi connectivity index (χ0) is 103. The third kappa shape index (κ3) is 19.5. The van der Waals surface area contributed by atoms with Crippen LogP contribution in [0.5, 0.6) is 0 Å². The molecule has 0 amide bonds. The summed E-state index contributed by atoms with van der Waals surface area (Å²) in [6.07, 6.45) is 44.4. The summed E-state index contributed by atoms with van der Waals surface area (Å²) in [7, 11) is 3.57. The van der Waals surface area contributed by atoms with E-state index in [0.29, 0.717) is 93.0 Å². The van der Waals surface area contributed by atoms with Crippen LogP contribution in [0.4, 0.5) is 53.0 Å². The highest BCUT2D eigenvalue weighted by molar-refractivity contribution is 5.70. The van der Waals surface area contributed by atoms with Gasteiger partial charge in [-0.25, -0.2) is 74.8 Å². The second-order valence-electron chi connectivity index (χ2n) is 38.0. The summed E-state index contributed by atoms with van der Waals surface area (Å²) in [6, 6.07) is 45.7. The summed E-state index contributed by atoms with van der Waals surface area (Å²) in [5.74, 6) is 9.34. The monoisotopic (exact) mass is 2000 g/mol. The Hall–Kier alpha value is -18.9. The van der Waals surface area contributed by atoms with Gasteiger partial charge in [0.15, 0.2) is 29.1 Å². The van der Waals surface area contributed by atoms with Gasteiger partial charge in [0.05, 0.1) is 75.4 Å².